The van der Waals surface area contributed by atoms with Gasteiger partial charge in [-0.3, -0.25) is 14.7 Å². The molecule has 0 spiro atoms. The Labute approximate surface area is 191 Å². The molecular formula is C24H28F3N3O3. The highest BCUT2D eigenvalue weighted by Crippen LogP contribution is 2.35. The highest BCUT2D eigenvalue weighted by Gasteiger charge is 2.48. The first kappa shape index (κ1) is 23.5. The van der Waals surface area contributed by atoms with Gasteiger partial charge in [-0.05, 0) is 56.0 Å². The summed E-state index contributed by atoms with van der Waals surface area (Å²) in [7, 11) is 0. The van der Waals surface area contributed by atoms with Crippen LogP contribution in [0.15, 0.2) is 48.8 Å². The van der Waals surface area contributed by atoms with Gasteiger partial charge in [-0.2, -0.15) is 13.2 Å². The van der Waals surface area contributed by atoms with Crippen molar-refractivity contribution in [3.05, 3.63) is 59.9 Å². The molecule has 0 bridgehead atoms. The fourth-order valence-corrected chi connectivity index (χ4v) is 4.59. The number of rotatable bonds is 6. The van der Waals surface area contributed by atoms with Crippen LogP contribution in [0.5, 0.6) is 5.75 Å². The van der Waals surface area contributed by atoms with Crippen molar-refractivity contribution in [3.8, 4) is 5.75 Å². The molecule has 1 aromatic carbocycles. The van der Waals surface area contributed by atoms with Gasteiger partial charge in [0.1, 0.15) is 17.4 Å². The van der Waals surface area contributed by atoms with Crippen molar-refractivity contribution < 1.29 is 27.4 Å². The minimum absolute atomic E-state index is 0.0677. The van der Waals surface area contributed by atoms with Gasteiger partial charge >= 0.3 is 6.18 Å². The molecule has 2 aliphatic rings. The number of nitrogens with zero attached hydrogens (tertiary/aromatic N) is 2. The molecule has 1 aromatic heterocycles. The van der Waals surface area contributed by atoms with Crippen LogP contribution in [-0.2, 0) is 15.7 Å². The van der Waals surface area contributed by atoms with Crippen molar-refractivity contribution in [3.63, 3.8) is 0 Å². The number of halogens is 3. The van der Waals surface area contributed by atoms with Crippen LogP contribution < -0.4 is 10.1 Å². The minimum atomic E-state index is -4.42. The molecule has 3 heterocycles. The SMILES string of the molecule is C[C@H](NC(=O)C1(N2CC[C@@H](Oc3cccc(C(F)(F)F)c3)C2)CCOCC1)c1cccnc1. The van der Waals surface area contributed by atoms with E-state index in [1.54, 1.807) is 12.4 Å². The Bertz CT molecular complexity index is 949. The third-order valence-electron chi connectivity index (χ3n) is 6.49. The molecule has 2 aliphatic heterocycles. The van der Waals surface area contributed by atoms with Gasteiger partial charge in [0.05, 0.1) is 11.6 Å². The topological polar surface area (TPSA) is 63.7 Å². The maximum atomic E-state index is 13.5. The largest absolute Gasteiger partial charge is 0.489 e. The lowest BCUT2D eigenvalue weighted by Gasteiger charge is -2.43. The van der Waals surface area contributed by atoms with E-state index >= 15 is 0 Å². The zero-order valence-electron chi connectivity index (χ0n) is 18.5. The lowest BCUT2D eigenvalue weighted by Crippen LogP contribution is -2.61. The van der Waals surface area contributed by atoms with Crippen molar-refractivity contribution in [1.82, 2.24) is 15.2 Å². The zero-order chi connectivity index (χ0) is 23.5. The summed E-state index contributed by atoms with van der Waals surface area (Å²) in [6.07, 6.45) is 0.435. The number of ether oxygens (including phenoxy) is 2. The van der Waals surface area contributed by atoms with E-state index in [2.05, 4.69) is 15.2 Å². The van der Waals surface area contributed by atoms with Crippen LogP contribution >= 0.6 is 0 Å². The molecule has 1 amide bonds. The average molecular weight is 464 g/mol. The maximum Gasteiger partial charge on any atom is 0.416 e. The van der Waals surface area contributed by atoms with Crippen LogP contribution in [0.3, 0.4) is 0 Å². The second-order valence-electron chi connectivity index (χ2n) is 8.63. The highest BCUT2D eigenvalue weighted by molar-refractivity contribution is 5.87. The smallest absolute Gasteiger partial charge is 0.416 e. The van der Waals surface area contributed by atoms with E-state index in [1.807, 2.05) is 19.1 Å². The molecule has 0 radical (unpaired) electrons. The summed E-state index contributed by atoms with van der Waals surface area (Å²) in [5.41, 5.74) is -0.555. The molecule has 0 unspecified atom stereocenters. The molecule has 9 heteroatoms. The van der Waals surface area contributed by atoms with E-state index < -0.39 is 17.3 Å². The summed E-state index contributed by atoms with van der Waals surface area (Å²) in [6.45, 7) is 3.96. The molecule has 178 valence electrons. The van der Waals surface area contributed by atoms with E-state index in [4.69, 9.17) is 9.47 Å². The van der Waals surface area contributed by atoms with E-state index in [0.29, 0.717) is 45.6 Å². The molecule has 6 nitrogen and oxygen atoms in total. The maximum absolute atomic E-state index is 13.5. The molecular weight excluding hydrogens is 435 g/mol. The fraction of sp³-hybridized carbons (Fsp3) is 0.500. The van der Waals surface area contributed by atoms with E-state index in [0.717, 1.165) is 17.7 Å². The van der Waals surface area contributed by atoms with E-state index in [-0.39, 0.29) is 23.8 Å². The Morgan fingerprint density at radius 3 is 2.76 bits per heavy atom. The Kier molecular flexibility index (Phi) is 6.90. The number of carbonyl (C=O) groups excluding carboxylic acids is 1. The summed E-state index contributed by atoms with van der Waals surface area (Å²) < 4.78 is 50.5. The van der Waals surface area contributed by atoms with Crippen molar-refractivity contribution in [2.75, 3.05) is 26.3 Å². The zero-order valence-corrected chi connectivity index (χ0v) is 18.5. The number of benzene rings is 1. The fourth-order valence-electron chi connectivity index (χ4n) is 4.59. The number of hydrogen-bond acceptors (Lipinski definition) is 5. The number of alkyl halides is 3. The van der Waals surface area contributed by atoms with Crippen molar-refractivity contribution >= 4 is 5.91 Å². The van der Waals surface area contributed by atoms with Gasteiger partial charge in [-0.1, -0.05) is 12.1 Å². The molecule has 0 saturated carbocycles. The third-order valence-corrected chi connectivity index (χ3v) is 6.49. The predicted octanol–water partition coefficient (Wildman–Crippen LogP) is 3.98. The summed E-state index contributed by atoms with van der Waals surface area (Å²) in [5.74, 6) is 0.120. The van der Waals surface area contributed by atoms with Crippen LogP contribution in [-0.4, -0.2) is 53.7 Å². The first-order chi connectivity index (χ1) is 15.8. The molecule has 2 atom stereocenters. The minimum Gasteiger partial charge on any atom is -0.489 e. The van der Waals surface area contributed by atoms with Gasteiger partial charge in [0.2, 0.25) is 5.91 Å². The second-order valence-corrected chi connectivity index (χ2v) is 8.63. The average Bonchev–Trinajstić information content (AvgIpc) is 3.28. The van der Waals surface area contributed by atoms with E-state index in [1.165, 1.54) is 12.1 Å². The quantitative estimate of drug-likeness (QED) is 0.702. The Morgan fingerprint density at radius 1 is 1.27 bits per heavy atom. The summed E-state index contributed by atoms with van der Waals surface area (Å²) in [6, 6.07) is 8.48. The normalized spacial score (nSPS) is 22.0. The van der Waals surface area contributed by atoms with Crippen LogP contribution in [0.2, 0.25) is 0 Å². The predicted molar refractivity (Wildman–Crippen MR) is 116 cm³/mol. The molecule has 2 aromatic rings. The lowest BCUT2D eigenvalue weighted by molar-refractivity contribution is -0.141. The Morgan fingerprint density at radius 2 is 2.06 bits per heavy atom. The number of carbonyl (C=O) groups is 1. The standard InChI is InChI=1S/C24H28F3N3O3/c1-17(18-4-3-10-28-15-18)29-22(31)23(8-12-32-13-9-23)30-11-7-21(16-30)33-20-6-2-5-19(14-20)24(25,26)27/h2-6,10,14-15,17,21H,7-9,11-13,16H2,1H3,(H,29,31)/t17-,21+/m0/s1. The van der Waals surface area contributed by atoms with Gasteiger partial charge in [-0.25, -0.2) is 0 Å². The van der Waals surface area contributed by atoms with Crippen LogP contribution in [0.1, 0.15) is 43.4 Å². The molecule has 2 fully saturated rings. The van der Waals surface area contributed by atoms with Crippen molar-refractivity contribution in [2.24, 2.45) is 0 Å². The third kappa shape index (κ3) is 5.30. The van der Waals surface area contributed by atoms with Crippen LogP contribution in [0.25, 0.3) is 0 Å². The number of pyridine rings is 1. The molecule has 33 heavy (non-hydrogen) atoms. The lowest BCUT2D eigenvalue weighted by atomic mass is 9.86. The molecule has 0 aliphatic carbocycles. The van der Waals surface area contributed by atoms with Crippen LogP contribution in [0.4, 0.5) is 13.2 Å². The highest BCUT2D eigenvalue weighted by atomic mass is 19.4. The summed E-state index contributed by atoms with van der Waals surface area (Å²) in [5, 5.41) is 3.13. The van der Waals surface area contributed by atoms with Gasteiger partial charge in [-0.15, -0.1) is 0 Å². The summed E-state index contributed by atoms with van der Waals surface area (Å²) in [4.78, 5) is 19.7. The number of nitrogens with one attached hydrogen (secondary N) is 1. The first-order valence-electron chi connectivity index (χ1n) is 11.2. The monoisotopic (exact) mass is 463 g/mol. The molecule has 1 N–H and O–H groups in total. The van der Waals surface area contributed by atoms with Gasteiger partial charge < -0.3 is 14.8 Å². The first-order valence-corrected chi connectivity index (χ1v) is 11.2. The van der Waals surface area contributed by atoms with Crippen molar-refractivity contribution in [1.29, 1.82) is 0 Å². The molecule has 4 rings (SSSR count). The van der Waals surface area contributed by atoms with Gasteiger partial charge in [0, 0.05) is 38.7 Å². The summed E-state index contributed by atoms with van der Waals surface area (Å²) >= 11 is 0. The van der Waals surface area contributed by atoms with Gasteiger partial charge in [0.25, 0.3) is 0 Å². The molecule has 2 saturated heterocycles. The van der Waals surface area contributed by atoms with E-state index in [9.17, 15) is 18.0 Å². The van der Waals surface area contributed by atoms with Crippen molar-refractivity contribution in [2.45, 2.75) is 50.0 Å². The van der Waals surface area contributed by atoms with Crippen LogP contribution in [0, 0.1) is 0 Å². The number of amides is 1. The number of likely N-dealkylation sites (tertiary alicyclic amines) is 1. The Balaban J connectivity index is 1.45. The van der Waals surface area contributed by atoms with Gasteiger partial charge in [0.15, 0.2) is 0 Å². The Hall–Kier alpha value is -2.65. The number of hydrogen-bond donors (Lipinski definition) is 1. The number of aromatic nitrogens is 1. The second kappa shape index (κ2) is 9.69.